The van der Waals surface area contributed by atoms with Gasteiger partial charge in [-0.3, -0.25) is 9.78 Å². The van der Waals surface area contributed by atoms with E-state index in [4.69, 9.17) is 11.6 Å². The van der Waals surface area contributed by atoms with Crippen molar-refractivity contribution in [1.82, 2.24) is 19.5 Å². The number of sulfonamides is 1. The Morgan fingerprint density at radius 1 is 1.46 bits per heavy atom. The number of amides is 1. The number of nitrogens with one attached hydrogen (secondary N) is 1. The molecule has 0 unspecified atom stereocenters. The Hall–Kier alpha value is -1.97. The summed E-state index contributed by atoms with van der Waals surface area (Å²) in [5, 5.41) is 4.37. The summed E-state index contributed by atoms with van der Waals surface area (Å²) in [6, 6.07) is 3.58. The molecule has 0 aliphatic carbocycles. The van der Waals surface area contributed by atoms with E-state index >= 15 is 0 Å². The van der Waals surface area contributed by atoms with Crippen molar-refractivity contribution in [3.8, 4) is 5.69 Å². The van der Waals surface area contributed by atoms with E-state index in [1.54, 1.807) is 31.6 Å². The van der Waals surface area contributed by atoms with Crippen LogP contribution in [0.4, 0.5) is 5.69 Å². The van der Waals surface area contributed by atoms with Crippen molar-refractivity contribution in [2.45, 2.75) is 13.3 Å². The molecule has 24 heavy (non-hydrogen) atoms. The van der Waals surface area contributed by atoms with Crippen molar-refractivity contribution in [3.63, 3.8) is 0 Å². The molecule has 8 nitrogen and oxygen atoms in total. The zero-order chi connectivity index (χ0) is 17.7. The smallest absolute Gasteiger partial charge is 0.228 e. The van der Waals surface area contributed by atoms with E-state index in [1.807, 2.05) is 6.07 Å². The van der Waals surface area contributed by atoms with Crippen molar-refractivity contribution < 1.29 is 13.2 Å². The summed E-state index contributed by atoms with van der Waals surface area (Å²) in [5.41, 5.74) is 1.18. The Morgan fingerprint density at radius 3 is 2.79 bits per heavy atom. The Bertz CT molecular complexity index is 807. The van der Waals surface area contributed by atoms with E-state index in [2.05, 4.69) is 14.8 Å². The summed E-state index contributed by atoms with van der Waals surface area (Å²) in [6.45, 7) is 2.22. The first-order valence-corrected chi connectivity index (χ1v) is 9.49. The highest BCUT2D eigenvalue weighted by Crippen LogP contribution is 2.26. The summed E-state index contributed by atoms with van der Waals surface area (Å²) in [6.07, 6.45) is 5.98. The minimum Gasteiger partial charge on any atom is -0.308 e. The van der Waals surface area contributed by atoms with Crippen LogP contribution in [-0.2, 0) is 14.8 Å². The Labute approximate surface area is 145 Å². The van der Waals surface area contributed by atoms with Crippen molar-refractivity contribution >= 4 is 33.2 Å². The number of anilines is 1. The van der Waals surface area contributed by atoms with Crippen LogP contribution in [0.25, 0.3) is 5.69 Å². The number of carbonyl (C=O) groups excluding carboxylic acids is 1. The minimum atomic E-state index is -3.33. The Morgan fingerprint density at radius 2 is 2.21 bits per heavy atom. The maximum Gasteiger partial charge on any atom is 0.228 e. The molecule has 0 aromatic carbocycles. The fourth-order valence-electron chi connectivity index (χ4n) is 2.11. The van der Waals surface area contributed by atoms with Crippen LogP contribution >= 0.6 is 11.6 Å². The van der Waals surface area contributed by atoms with Gasteiger partial charge in [-0.15, -0.1) is 0 Å². The second-order valence-corrected chi connectivity index (χ2v) is 7.21. The molecule has 0 saturated carbocycles. The van der Waals surface area contributed by atoms with Crippen LogP contribution in [0.1, 0.15) is 13.3 Å². The number of hydrogen-bond donors (Lipinski definition) is 1. The highest BCUT2D eigenvalue weighted by Gasteiger charge is 2.20. The fraction of sp³-hybridized carbons (Fsp3) is 0.357. The summed E-state index contributed by atoms with van der Waals surface area (Å²) in [4.78, 5) is 17.8. The minimum absolute atomic E-state index is 0.0231. The van der Waals surface area contributed by atoms with Gasteiger partial charge in [0, 0.05) is 25.7 Å². The normalized spacial score (nSPS) is 11.5. The van der Waals surface area contributed by atoms with Gasteiger partial charge in [-0.25, -0.2) is 17.8 Å². The molecule has 0 saturated heterocycles. The van der Waals surface area contributed by atoms with Gasteiger partial charge in [-0.2, -0.15) is 5.10 Å². The van der Waals surface area contributed by atoms with E-state index in [1.165, 1.54) is 9.58 Å². The first-order valence-electron chi connectivity index (χ1n) is 7.22. The van der Waals surface area contributed by atoms with Gasteiger partial charge in [0.2, 0.25) is 15.9 Å². The molecule has 0 spiro atoms. The molecule has 2 aromatic heterocycles. The van der Waals surface area contributed by atoms with Crippen LogP contribution in [0.5, 0.6) is 0 Å². The van der Waals surface area contributed by atoms with Gasteiger partial charge < -0.3 is 4.90 Å². The predicted molar refractivity (Wildman–Crippen MR) is 91.9 cm³/mol. The van der Waals surface area contributed by atoms with Crippen LogP contribution < -0.4 is 9.62 Å². The lowest BCUT2D eigenvalue weighted by Gasteiger charge is -2.19. The van der Waals surface area contributed by atoms with Gasteiger partial charge in [0.15, 0.2) is 5.15 Å². The molecule has 2 aromatic rings. The van der Waals surface area contributed by atoms with Crippen LogP contribution in [-0.4, -0.2) is 48.4 Å². The Kier molecular flexibility index (Phi) is 5.92. The first kappa shape index (κ1) is 18.4. The van der Waals surface area contributed by atoms with Gasteiger partial charge in [-0.05, 0) is 19.1 Å². The molecular formula is C14H18ClN5O3S. The molecule has 0 aliphatic heterocycles. The standard InChI is InChI=1S/C14H18ClN5O3S/c1-3-19(13(21)6-8-17-24(2,22)23)12-10-20(18-14(12)15)11-5-4-7-16-9-11/h4-5,7,9-10,17H,3,6,8H2,1-2H3. The van der Waals surface area contributed by atoms with E-state index in [0.717, 1.165) is 6.26 Å². The summed E-state index contributed by atoms with van der Waals surface area (Å²) >= 11 is 6.16. The van der Waals surface area contributed by atoms with Gasteiger partial charge >= 0.3 is 0 Å². The molecule has 10 heteroatoms. The van der Waals surface area contributed by atoms with Crippen molar-refractivity contribution in [3.05, 3.63) is 35.9 Å². The van der Waals surface area contributed by atoms with E-state index in [0.29, 0.717) is 17.9 Å². The number of pyridine rings is 1. The first-order chi connectivity index (χ1) is 11.3. The SMILES string of the molecule is CCN(C(=O)CCNS(C)(=O)=O)c1cn(-c2cccnc2)nc1Cl. The van der Waals surface area contributed by atoms with E-state index in [9.17, 15) is 13.2 Å². The third-order valence-corrected chi connectivity index (χ3v) is 4.17. The molecule has 0 aliphatic rings. The highest BCUT2D eigenvalue weighted by atomic mass is 35.5. The molecule has 0 bridgehead atoms. The molecule has 1 N–H and O–H groups in total. The third kappa shape index (κ3) is 4.76. The van der Waals surface area contributed by atoms with Crippen molar-refractivity contribution in [1.29, 1.82) is 0 Å². The molecule has 0 radical (unpaired) electrons. The number of aromatic nitrogens is 3. The lowest BCUT2D eigenvalue weighted by atomic mass is 10.3. The second-order valence-electron chi connectivity index (χ2n) is 5.02. The summed E-state index contributed by atoms with van der Waals surface area (Å²) < 4.78 is 25.9. The fourth-order valence-corrected chi connectivity index (χ4v) is 2.81. The molecule has 130 valence electrons. The predicted octanol–water partition coefficient (Wildman–Crippen LogP) is 1.21. The monoisotopic (exact) mass is 371 g/mol. The van der Waals surface area contributed by atoms with Crippen molar-refractivity contribution in [2.75, 3.05) is 24.2 Å². The molecule has 2 rings (SSSR count). The van der Waals surface area contributed by atoms with Crippen LogP contribution in [0, 0.1) is 0 Å². The average molecular weight is 372 g/mol. The zero-order valence-corrected chi connectivity index (χ0v) is 14.9. The number of nitrogens with zero attached hydrogens (tertiary/aromatic N) is 4. The quantitative estimate of drug-likeness (QED) is 0.789. The molecule has 2 heterocycles. The lowest BCUT2D eigenvalue weighted by Crippen LogP contribution is -2.34. The van der Waals surface area contributed by atoms with E-state index in [-0.39, 0.29) is 24.0 Å². The van der Waals surface area contributed by atoms with Crippen LogP contribution in [0.15, 0.2) is 30.7 Å². The summed E-state index contributed by atoms with van der Waals surface area (Å²) in [7, 11) is -3.33. The van der Waals surface area contributed by atoms with E-state index < -0.39 is 10.0 Å². The molecule has 0 atom stereocenters. The average Bonchev–Trinajstić information content (AvgIpc) is 2.90. The number of halogens is 1. The molecular weight excluding hydrogens is 354 g/mol. The molecule has 0 fully saturated rings. The number of hydrogen-bond acceptors (Lipinski definition) is 5. The van der Waals surface area contributed by atoms with Gasteiger partial charge in [-0.1, -0.05) is 11.6 Å². The van der Waals surface area contributed by atoms with Crippen molar-refractivity contribution in [2.24, 2.45) is 0 Å². The largest absolute Gasteiger partial charge is 0.308 e. The lowest BCUT2D eigenvalue weighted by molar-refractivity contribution is -0.118. The topological polar surface area (TPSA) is 97.2 Å². The van der Waals surface area contributed by atoms with Crippen LogP contribution in [0.3, 0.4) is 0 Å². The molecule has 1 amide bonds. The maximum atomic E-state index is 12.3. The highest BCUT2D eigenvalue weighted by molar-refractivity contribution is 7.88. The number of rotatable bonds is 7. The van der Waals surface area contributed by atoms with Gasteiger partial charge in [0.1, 0.15) is 5.69 Å². The summed E-state index contributed by atoms with van der Waals surface area (Å²) in [5.74, 6) is -0.249. The maximum absolute atomic E-state index is 12.3. The number of carbonyl (C=O) groups is 1. The van der Waals surface area contributed by atoms with Crippen LogP contribution in [0.2, 0.25) is 5.15 Å². The zero-order valence-electron chi connectivity index (χ0n) is 13.3. The second kappa shape index (κ2) is 7.73. The third-order valence-electron chi connectivity index (χ3n) is 3.17. The Balaban J connectivity index is 2.15. The van der Waals surface area contributed by atoms with Gasteiger partial charge in [0.05, 0.1) is 24.3 Å². The van der Waals surface area contributed by atoms with Gasteiger partial charge in [0.25, 0.3) is 0 Å².